The molecule has 12 nitrogen and oxygen atoms in total. The average Bonchev–Trinajstić information content (AvgIpc) is 3.21. The van der Waals surface area contributed by atoms with Crippen LogP contribution in [0, 0.1) is 0 Å². The largest absolute Gasteiger partial charge is 0.462 e. The molecule has 1 rings (SSSR count). The Balaban J connectivity index is 2.49. The molecule has 60 heavy (non-hydrogen) atoms. The van der Waals surface area contributed by atoms with E-state index in [0.29, 0.717) is 12.8 Å². The maximum atomic E-state index is 12.8. The molecule has 0 aromatic carbocycles. The van der Waals surface area contributed by atoms with Crippen molar-refractivity contribution < 1.29 is 56.8 Å². The lowest BCUT2D eigenvalue weighted by Crippen LogP contribution is -2.60. The van der Waals surface area contributed by atoms with Gasteiger partial charge in [0.05, 0.1) is 6.61 Å². The van der Waals surface area contributed by atoms with Gasteiger partial charge >= 0.3 is 11.9 Å². The molecule has 1 saturated heterocycles. The number of unbranched alkanes of at least 4 members (excludes halogenated alkanes) is 15. The molecule has 6 atom stereocenters. The van der Waals surface area contributed by atoms with Crippen molar-refractivity contribution in [2.24, 2.45) is 0 Å². The number of aliphatic hydroxyl groups excluding tert-OH is 3. The normalized spacial score (nSPS) is 20.7. The van der Waals surface area contributed by atoms with Crippen molar-refractivity contribution in [2.45, 2.75) is 205 Å². The highest BCUT2D eigenvalue weighted by Crippen LogP contribution is 2.24. The Bertz CT molecular complexity index is 1340. The minimum atomic E-state index is -4.61. The quantitative estimate of drug-likeness (QED) is 0.0201. The summed E-state index contributed by atoms with van der Waals surface area (Å²) in [6.45, 7) is 3.66. The van der Waals surface area contributed by atoms with Crippen LogP contribution in [-0.2, 0) is 38.7 Å². The summed E-state index contributed by atoms with van der Waals surface area (Å²) in [5.41, 5.74) is 0. The summed E-state index contributed by atoms with van der Waals surface area (Å²) in [7, 11) is -4.61. The average molecular weight is 869 g/mol. The predicted octanol–water partition coefficient (Wildman–Crippen LogP) is 9.34. The minimum Gasteiger partial charge on any atom is -0.462 e. The van der Waals surface area contributed by atoms with Gasteiger partial charge in [-0.05, 0) is 51.4 Å². The second kappa shape index (κ2) is 37.0. The number of allylic oxidation sites excluding steroid dienone is 10. The fraction of sp³-hybridized carbons (Fsp3) is 0.745. The summed E-state index contributed by atoms with van der Waals surface area (Å²) in [6, 6.07) is 0. The molecule has 13 heteroatoms. The number of hydrogen-bond donors (Lipinski definition) is 4. The Labute approximate surface area is 362 Å². The third kappa shape index (κ3) is 31.2. The fourth-order valence-corrected chi connectivity index (χ4v) is 7.23. The number of aliphatic hydroxyl groups is 3. The highest BCUT2D eigenvalue weighted by molar-refractivity contribution is 7.85. The third-order valence-corrected chi connectivity index (χ3v) is 10.9. The van der Waals surface area contributed by atoms with E-state index in [1.54, 1.807) is 0 Å². The van der Waals surface area contributed by atoms with E-state index in [0.717, 1.165) is 51.4 Å². The molecule has 2 unspecified atom stereocenters. The molecular weight excluding hydrogens is 789 g/mol. The molecule has 1 fully saturated rings. The maximum Gasteiger partial charge on any atom is 0.306 e. The summed E-state index contributed by atoms with van der Waals surface area (Å²) in [5.74, 6) is -2.09. The molecular formula is C47H80O12S. The van der Waals surface area contributed by atoms with Gasteiger partial charge < -0.3 is 34.3 Å². The molecule has 0 spiro atoms. The highest BCUT2D eigenvalue weighted by Gasteiger charge is 2.46. The van der Waals surface area contributed by atoms with Crippen molar-refractivity contribution >= 4 is 22.1 Å². The van der Waals surface area contributed by atoms with Crippen LogP contribution in [0.2, 0.25) is 0 Å². The van der Waals surface area contributed by atoms with Gasteiger partial charge in [-0.25, -0.2) is 0 Å². The Morgan fingerprint density at radius 3 is 1.55 bits per heavy atom. The lowest BCUT2D eigenvalue weighted by atomic mass is 10.00. The highest BCUT2D eigenvalue weighted by atomic mass is 32.2. The summed E-state index contributed by atoms with van der Waals surface area (Å²) in [5, 5.41) is 30.9. The molecule has 0 amide bonds. The van der Waals surface area contributed by atoms with Crippen LogP contribution >= 0.6 is 0 Å². The van der Waals surface area contributed by atoms with Gasteiger partial charge in [0.15, 0.2) is 12.4 Å². The predicted molar refractivity (Wildman–Crippen MR) is 238 cm³/mol. The second-order valence-electron chi connectivity index (χ2n) is 15.7. The molecule has 0 saturated carbocycles. The topological polar surface area (TPSA) is 186 Å². The first-order valence-electron chi connectivity index (χ1n) is 22.8. The lowest BCUT2D eigenvalue weighted by Gasteiger charge is -2.40. The molecule has 0 radical (unpaired) electrons. The Kier molecular flexibility index (Phi) is 34.1. The van der Waals surface area contributed by atoms with Gasteiger partial charge in [-0.1, -0.05) is 164 Å². The third-order valence-electron chi connectivity index (χ3n) is 10.1. The van der Waals surface area contributed by atoms with Gasteiger partial charge in [0.25, 0.3) is 10.1 Å². The molecule has 1 heterocycles. The molecule has 0 aliphatic carbocycles. The van der Waals surface area contributed by atoms with Crippen LogP contribution in [0.1, 0.15) is 168 Å². The van der Waals surface area contributed by atoms with Gasteiger partial charge in [0.2, 0.25) is 0 Å². The number of rotatable bonds is 37. The molecule has 1 aliphatic heterocycles. The van der Waals surface area contributed by atoms with E-state index in [1.165, 1.54) is 77.0 Å². The number of esters is 2. The lowest BCUT2D eigenvalue weighted by molar-refractivity contribution is -0.297. The molecule has 346 valence electrons. The summed E-state index contributed by atoms with van der Waals surface area (Å²) < 4.78 is 54.0. The van der Waals surface area contributed by atoms with E-state index in [9.17, 15) is 37.9 Å². The van der Waals surface area contributed by atoms with Crippen molar-refractivity contribution in [3.8, 4) is 0 Å². The van der Waals surface area contributed by atoms with E-state index in [-0.39, 0.29) is 19.4 Å². The number of carbonyl (C=O) groups excluding carboxylic acids is 2. The van der Waals surface area contributed by atoms with Gasteiger partial charge in [-0.15, -0.1) is 0 Å². The Hall–Kier alpha value is -2.65. The molecule has 0 bridgehead atoms. The zero-order chi connectivity index (χ0) is 44.1. The van der Waals surface area contributed by atoms with Crippen molar-refractivity contribution in [3.05, 3.63) is 60.8 Å². The minimum absolute atomic E-state index is 0.0947. The van der Waals surface area contributed by atoms with Crippen LogP contribution < -0.4 is 0 Å². The van der Waals surface area contributed by atoms with Crippen LogP contribution in [0.5, 0.6) is 0 Å². The van der Waals surface area contributed by atoms with Crippen LogP contribution in [0.15, 0.2) is 60.8 Å². The Morgan fingerprint density at radius 1 is 0.567 bits per heavy atom. The smallest absolute Gasteiger partial charge is 0.306 e. The monoisotopic (exact) mass is 869 g/mol. The molecule has 0 aromatic rings. The first-order chi connectivity index (χ1) is 29.0. The van der Waals surface area contributed by atoms with Crippen LogP contribution in [0.25, 0.3) is 0 Å². The SMILES string of the molecule is CCCCC/C=C/C/C=C/C/C=C/C/C=C/C/C=C/CCC(=O)OC[C@H](CO[C@H]1O[C@H](CS(=O)(=O)O)[C@@H](O)C(O)C1O)OC(=O)CCCCCCCCCCCCCCC. The summed E-state index contributed by atoms with van der Waals surface area (Å²) in [6.07, 6.45) is 35.6. The van der Waals surface area contributed by atoms with E-state index in [4.69, 9.17) is 18.9 Å². The van der Waals surface area contributed by atoms with Crippen molar-refractivity contribution in [1.29, 1.82) is 0 Å². The van der Waals surface area contributed by atoms with Crippen molar-refractivity contribution in [3.63, 3.8) is 0 Å². The fourth-order valence-electron chi connectivity index (χ4n) is 6.54. The zero-order valence-corrected chi connectivity index (χ0v) is 37.6. The number of ether oxygens (including phenoxy) is 4. The Morgan fingerprint density at radius 2 is 1.03 bits per heavy atom. The van der Waals surface area contributed by atoms with E-state index in [2.05, 4.69) is 62.5 Å². The number of carbonyl (C=O) groups is 2. The second-order valence-corrected chi connectivity index (χ2v) is 17.2. The van der Waals surface area contributed by atoms with Gasteiger partial charge in [-0.2, -0.15) is 8.42 Å². The van der Waals surface area contributed by atoms with Gasteiger partial charge in [-0.3, -0.25) is 14.1 Å². The summed E-state index contributed by atoms with van der Waals surface area (Å²) >= 11 is 0. The number of hydrogen-bond acceptors (Lipinski definition) is 11. The van der Waals surface area contributed by atoms with E-state index < -0.39 is 71.2 Å². The molecule has 1 aliphatic rings. The van der Waals surface area contributed by atoms with Crippen molar-refractivity contribution in [2.75, 3.05) is 19.0 Å². The van der Waals surface area contributed by atoms with Crippen LogP contribution in [-0.4, -0.2) is 96.0 Å². The van der Waals surface area contributed by atoms with Crippen LogP contribution in [0.3, 0.4) is 0 Å². The van der Waals surface area contributed by atoms with E-state index in [1.807, 2.05) is 12.2 Å². The standard InChI is InChI=1S/C47H80O12S/c1-3-5-7-9-11-13-15-17-18-19-20-21-22-24-25-27-29-31-33-35-42(48)56-37-40(38-57-47-46(52)45(51)44(50)41(59-47)39-60(53,54)55)58-43(49)36-34-32-30-28-26-23-16-14-12-10-8-6-4-2/h11,13,17-18,20-21,24-25,29,31,40-41,44-47,50-52H,3-10,12,14-16,19,22-23,26-28,30,32-39H2,1-2H3,(H,53,54,55)/b13-11+,18-17+,21-20+,25-24+,31-29+/t40-,41-,44-,45?,46?,47+/m1/s1. The van der Waals surface area contributed by atoms with Gasteiger partial charge in [0.1, 0.15) is 36.8 Å². The van der Waals surface area contributed by atoms with Crippen molar-refractivity contribution in [1.82, 2.24) is 0 Å². The molecule has 0 aromatic heterocycles. The summed E-state index contributed by atoms with van der Waals surface area (Å²) in [4.78, 5) is 25.4. The first kappa shape index (κ1) is 55.4. The van der Waals surface area contributed by atoms with Gasteiger partial charge in [0, 0.05) is 12.8 Å². The zero-order valence-electron chi connectivity index (χ0n) is 36.8. The molecule has 4 N–H and O–H groups in total. The maximum absolute atomic E-state index is 12.8. The van der Waals surface area contributed by atoms with E-state index >= 15 is 0 Å². The first-order valence-corrected chi connectivity index (χ1v) is 24.5. The van der Waals surface area contributed by atoms with Crippen LogP contribution in [0.4, 0.5) is 0 Å².